The Balaban J connectivity index is 2.33. The van der Waals surface area contributed by atoms with Crippen LogP contribution in [0, 0.1) is 5.92 Å². The first-order valence-corrected chi connectivity index (χ1v) is 11.5. The fourth-order valence-corrected chi connectivity index (χ4v) is 6.11. The minimum atomic E-state index is -1.92. The van der Waals surface area contributed by atoms with Crippen LogP contribution in [-0.4, -0.2) is 31.1 Å². The van der Waals surface area contributed by atoms with Crippen LogP contribution in [0.25, 0.3) is 0 Å². The molecule has 132 valence electrons. The van der Waals surface area contributed by atoms with Crippen LogP contribution in [0.3, 0.4) is 0 Å². The van der Waals surface area contributed by atoms with E-state index in [1.54, 1.807) is 0 Å². The first-order valence-electron chi connectivity index (χ1n) is 9.00. The summed E-state index contributed by atoms with van der Waals surface area (Å²) in [5, 5.41) is 0. The van der Waals surface area contributed by atoms with E-state index in [0.717, 1.165) is 23.7 Å². The van der Waals surface area contributed by atoms with E-state index in [1.165, 1.54) is 4.90 Å². The number of β-lactam (4-membered cyclic amide) rings is 1. The zero-order valence-corrected chi connectivity index (χ0v) is 16.4. The Hall–Kier alpha value is -1.46. The van der Waals surface area contributed by atoms with Crippen molar-refractivity contribution < 1.29 is 14.0 Å². The molecule has 0 spiro atoms. The highest BCUT2D eigenvalue weighted by Crippen LogP contribution is 2.41. The van der Waals surface area contributed by atoms with Gasteiger partial charge in [-0.05, 0) is 23.7 Å². The molecule has 1 aliphatic rings. The molecule has 1 aliphatic heterocycles. The van der Waals surface area contributed by atoms with Crippen molar-refractivity contribution in [1.29, 1.82) is 0 Å². The fourth-order valence-electron chi connectivity index (χ4n) is 3.34. The monoisotopic (exact) mass is 347 g/mol. The molecule has 1 aromatic rings. The number of likely N-dealkylation sites (tertiary alicyclic amines) is 1. The average molecular weight is 348 g/mol. The van der Waals surface area contributed by atoms with Gasteiger partial charge in [0.05, 0.1) is 6.04 Å². The summed E-state index contributed by atoms with van der Waals surface area (Å²) in [6.07, 6.45) is -0.512. The van der Waals surface area contributed by atoms with Crippen LogP contribution in [0.2, 0.25) is 18.1 Å². The molecule has 0 radical (unpaired) electrons. The predicted molar refractivity (Wildman–Crippen MR) is 97.9 cm³/mol. The van der Waals surface area contributed by atoms with Gasteiger partial charge in [-0.1, -0.05) is 65.0 Å². The van der Waals surface area contributed by atoms with Crippen molar-refractivity contribution in [2.75, 3.05) is 0 Å². The summed E-state index contributed by atoms with van der Waals surface area (Å²) in [6, 6.07) is 12.5. The molecule has 1 fully saturated rings. The molecular formula is C19H29NO3Si. The summed E-state index contributed by atoms with van der Waals surface area (Å²) in [5.74, 6) is -0.494. The van der Waals surface area contributed by atoms with Crippen molar-refractivity contribution in [1.82, 2.24) is 4.90 Å². The first kappa shape index (κ1) is 18.9. The molecule has 1 aromatic carbocycles. The van der Waals surface area contributed by atoms with E-state index in [0.29, 0.717) is 0 Å². The molecule has 1 heterocycles. The van der Waals surface area contributed by atoms with Crippen LogP contribution in [0.15, 0.2) is 30.3 Å². The molecule has 0 unspecified atom stereocenters. The van der Waals surface area contributed by atoms with Gasteiger partial charge in [0.15, 0.2) is 14.4 Å². The zero-order valence-electron chi connectivity index (χ0n) is 15.4. The summed E-state index contributed by atoms with van der Waals surface area (Å²) in [7, 11) is -1.92. The van der Waals surface area contributed by atoms with E-state index < -0.39 is 14.4 Å². The largest absolute Gasteiger partial charge is 0.403 e. The molecule has 5 heteroatoms. The highest BCUT2D eigenvalue weighted by atomic mass is 28.4. The topological polar surface area (TPSA) is 46.6 Å². The third-order valence-corrected chi connectivity index (χ3v) is 9.85. The van der Waals surface area contributed by atoms with Gasteiger partial charge in [-0.2, -0.15) is 0 Å². The number of hydrogen-bond acceptors (Lipinski definition) is 3. The molecule has 24 heavy (non-hydrogen) atoms. The number of hydrogen-bond donors (Lipinski definition) is 0. The predicted octanol–water partition coefficient (Wildman–Crippen LogP) is 4.14. The maximum atomic E-state index is 12.7. The Kier molecular flexibility index (Phi) is 5.99. The number of imide groups is 1. The maximum Gasteiger partial charge on any atom is 0.260 e. The second kappa shape index (κ2) is 7.62. The van der Waals surface area contributed by atoms with Gasteiger partial charge in [0.25, 0.3) is 5.91 Å². The molecule has 0 saturated carbocycles. The number of benzene rings is 1. The third-order valence-electron chi connectivity index (χ3n) is 5.23. The molecule has 0 bridgehead atoms. The second-order valence-electron chi connectivity index (χ2n) is 6.84. The quantitative estimate of drug-likeness (QED) is 0.550. The van der Waals surface area contributed by atoms with Gasteiger partial charge in [-0.25, -0.2) is 0 Å². The van der Waals surface area contributed by atoms with E-state index in [1.807, 2.05) is 44.2 Å². The van der Waals surface area contributed by atoms with Gasteiger partial charge in [0.1, 0.15) is 0 Å². The Morgan fingerprint density at radius 1 is 1.12 bits per heavy atom. The molecule has 0 aliphatic carbocycles. The lowest BCUT2D eigenvalue weighted by Crippen LogP contribution is -2.65. The first-order chi connectivity index (χ1) is 11.4. The maximum absolute atomic E-state index is 12.7. The lowest BCUT2D eigenvalue weighted by Gasteiger charge is -2.49. The van der Waals surface area contributed by atoms with E-state index in [2.05, 4.69) is 20.8 Å². The summed E-state index contributed by atoms with van der Waals surface area (Å²) >= 11 is 0. The molecule has 0 aromatic heterocycles. The summed E-state index contributed by atoms with van der Waals surface area (Å²) in [4.78, 5) is 26.6. The van der Waals surface area contributed by atoms with Gasteiger partial charge in [-0.15, -0.1) is 0 Å². The fraction of sp³-hybridized carbons (Fsp3) is 0.579. The number of amides is 2. The highest BCUT2D eigenvalue weighted by Gasteiger charge is 2.54. The lowest BCUT2D eigenvalue weighted by molar-refractivity contribution is -0.175. The van der Waals surface area contributed by atoms with E-state index in [9.17, 15) is 9.59 Å². The number of nitrogens with zero attached hydrogens (tertiary/aromatic N) is 1. The Morgan fingerprint density at radius 2 is 1.67 bits per heavy atom. The van der Waals surface area contributed by atoms with Crippen LogP contribution in [-0.2, 0) is 14.0 Å². The van der Waals surface area contributed by atoms with Crippen molar-refractivity contribution in [2.45, 2.75) is 64.9 Å². The number of rotatable bonds is 7. The lowest BCUT2D eigenvalue weighted by atomic mass is 9.89. The Labute approximate surface area is 146 Å². The number of carbonyl (C=O) groups is 2. The van der Waals surface area contributed by atoms with Crippen molar-refractivity contribution in [2.24, 2.45) is 5.92 Å². The molecule has 2 amide bonds. The Morgan fingerprint density at radius 3 is 2.12 bits per heavy atom. The Bertz CT molecular complexity index is 575. The standard InChI is InChI=1S/C19H29NO3Si/c1-6-24(7-2,8-3)23-17-16(15-12-10-9-11-13-15)20(19(17)22)18(21)14(4)5/h9-14,16-17H,6-8H2,1-5H3/t16-,17-/m0/s1. The molecular weight excluding hydrogens is 318 g/mol. The van der Waals surface area contributed by atoms with Crippen LogP contribution in [0.1, 0.15) is 46.2 Å². The summed E-state index contributed by atoms with van der Waals surface area (Å²) in [6.45, 7) is 10.1. The van der Waals surface area contributed by atoms with Crippen LogP contribution >= 0.6 is 0 Å². The number of carbonyl (C=O) groups excluding carboxylic acids is 2. The molecule has 0 N–H and O–H groups in total. The smallest absolute Gasteiger partial charge is 0.260 e. The molecule has 1 saturated heterocycles. The van der Waals surface area contributed by atoms with Gasteiger partial charge >= 0.3 is 0 Å². The van der Waals surface area contributed by atoms with E-state index in [4.69, 9.17) is 4.43 Å². The normalized spacial score (nSPS) is 21.1. The van der Waals surface area contributed by atoms with Gasteiger partial charge in [-0.3, -0.25) is 14.5 Å². The molecule has 2 atom stereocenters. The van der Waals surface area contributed by atoms with Crippen molar-refractivity contribution in [3.05, 3.63) is 35.9 Å². The van der Waals surface area contributed by atoms with Crippen LogP contribution < -0.4 is 0 Å². The molecule has 4 nitrogen and oxygen atoms in total. The van der Waals surface area contributed by atoms with Crippen molar-refractivity contribution >= 4 is 20.1 Å². The van der Waals surface area contributed by atoms with Crippen LogP contribution in [0.5, 0.6) is 0 Å². The zero-order chi connectivity index (χ0) is 17.9. The molecule has 2 rings (SSSR count). The van der Waals surface area contributed by atoms with E-state index in [-0.39, 0.29) is 23.8 Å². The average Bonchev–Trinajstić information content (AvgIpc) is 2.61. The minimum Gasteiger partial charge on any atom is -0.403 e. The van der Waals surface area contributed by atoms with Gasteiger partial charge in [0.2, 0.25) is 5.91 Å². The minimum absolute atomic E-state index is 0.120. The van der Waals surface area contributed by atoms with Gasteiger partial charge in [0, 0.05) is 5.92 Å². The SMILES string of the molecule is CC[Si](CC)(CC)O[C@@H]1C(=O)N(C(=O)C(C)C)[C@H]1c1ccccc1. The van der Waals surface area contributed by atoms with Crippen molar-refractivity contribution in [3.63, 3.8) is 0 Å². The van der Waals surface area contributed by atoms with Crippen LogP contribution in [0.4, 0.5) is 0 Å². The van der Waals surface area contributed by atoms with Crippen molar-refractivity contribution in [3.8, 4) is 0 Å². The third kappa shape index (κ3) is 3.33. The van der Waals surface area contributed by atoms with Gasteiger partial charge < -0.3 is 4.43 Å². The highest BCUT2D eigenvalue weighted by molar-refractivity contribution is 6.73. The summed E-state index contributed by atoms with van der Waals surface area (Å²) < 4.78 is 6.46. The van der Waals surface area contributed by atoms with E-state index >= 15 is 0 Å². The summed E-state index contributed by atoms with van der Waals surface area (Å²) in [5.41, 5.74) is 0.974. The second-order valence-corrected chi connectivity index (χ2v) is 11.6.